The number of hydrogen-bond acceptors (Lipinski definition) is 6. The van der Waals surface area contributed by atoms with Gasteiger partial charge in [-0.05, 0) is 32.4 Å². The van der Waals surface area contributed by atoms with Crippen molar-refractivity contribution in [2.45, 2.75) is 31.2 Å². The van der Waals surface area contributed by atoms with Crippen molar-refractivity contribution in [3.8, 4) is 0 Å². The summed E-state index contributed by atoms with van der Waals surface area (Å²) < 4.78 is 52.8. The van der Waals surface area contributed by atoms with Crippen LogP contribution in [0.5, 0.6) is 0 Å². The number of benzene rings is 1. The smallest absolute Gasteiger partial charge is 0.243 e. The topological polar surface area (TPSA) is 92.6 Å². The van der Waals surface area contributed by atoms with Crippen molar-refractivity contribution in [3.63, 3.8) is 0 Å². The fraction of sp³-hybridized carbons (Fsp3) is 0.526. The van der Waals surface area contributed by atoms with E-state index in [9.17, 15) is 16.8 Å². The molecule has 8 nitrogen and oxygen atoms in total. The number of hydrogen-bond donors (Lipinski definition) is 0. The third-order valence-corrected chi connectivity index (χ3v) is 9.44. The quantitative estimate of drug-likeness (QED) is 0.716. The molecule has 2 aliphatic heterocycles. The Kier molecular flexibility index (Phi) is 5.20. The molecule has 2 saturated heterocycles. The van der Waals surface area contributed by atoms with Crippen LogP contribution >= 0.6 is 0 Å². The Morgan fingerprint density at radius 2 is 1.69 bits per heavy atom. The van der Waals surface area contributed by atoms with E-state index in [2.05, 4.69) is 10.00 Å². The highest BCUT2D eigenvalue weighted by molar-refractivity contribution is 7.91. The summed E-state index contributed by atoms with van der Waals surface area (Å²) in [5.74, 6) is 0.346. The number of rotatable bonds is 4. The van der Waals surface area contributed by atoms with Crippen LogP contribution in [0.15, 0.2) is 35.2 Å². The number of nitrogens with zero attached hydrogens (tertiary/aromatic N) is 4. The van der Waals surface area contributed by atoms with Gasteiger partial charge in [0.05, 0.1) is 39.5 Å². The van der Waals surface area contributed by atoms with Gasteiger partial charge in [0.2, 0.25) is 10.0 Å². The van der Waals surface area contributed by atoms with Gasteiger partial charge in [0.25, 0.3) is 0 Å². The van der Waals surface area contributed by atoms with Crippen LogP contribution in [0.25, 0.3) is 0 Å². The normalized spacial score (nSPS) is 22.8. The van der Waals surface area contributed by atoms with Crippen molar-refractivity contribution in [3.05, 3.63) is 41.7 Å². The molecule has 0 spiro atoms. The van der Waals surface area contributed by atoms with Crippen LogP contribution < -0.4 is 4.90 Å². The van der Waals surface area contributed by atoms with Crippen LogP contribution in [-0.2, 0) is 19.9 Å². The molecule has 10 heteroatoms. The molecule has 0 bridgehead atoms. The molecule has 0 saturated carbocycles. The summed E-state index contributed by atoms with van der Waals surface area (Å²) >= 11 is 0. The fourth-order valence-electron chi connectivity index (χ4n) is 4.33. The molecule has 2 aromatic rings. The molecule has 1 atom stereocenters. The van der Waals surface area contributed by atoms with Crippen molar-refractivity contribution in [1.82, 2.24) is 14.1 Å². The van der Waals surface area contributed by atoms with E-state index in [1.807, 2.05) is 18.5 Å². The highest BCUT2D eigenvalue weighted by atomic mass is 32.2. The van der Waals surface area contributed by atoms with Gasteiger partial charge >= 0.3 is 0 Å². The fourth-order valence-corrected chi connectivity index (χ4v) is 7.46. The SMILES string of the molecule is Cc1nn(C2CCS(=O)(=O)C2)c(C)c1N1CCN(S(=O)(=O)c2ccccc2)CC1. The van der Waals surface area contributed by atoms with Crippen molar-refractivity contribution < 1.29 is 16.8 Å². The summed E-state index contributed by atoms with van der Waals surface area (Å²) in [6.07, 6.45) is 0.590. The summed E-state index contributed by atoms with van der Waals surface area (Å²) in [4.78, 5) is 2.48. The average molecular weight is 439 g/mol. The zero-order valence-electron chi connectivity index (χ0n) is 16.7. The Hall–Kier alpha value is -1.91. The lowest BCUT2D eigenvalue weighted by Crippen LogP contribution is -2.49. The third-order valence-electron chi connectivity index (χ3n) is 5.78. The lowest BCUT2D eigenvalue weighted by atomic mass is 10.2. The lowest BCUT2D eigenvalue weighted by Gasteiger charge is -2.35. The molecule has 1 unspecified atom stereocenters. The number of sulfone groups is 1. The van der Waals surface area contributed by atoms with E-state index in [-0.39, 0.29) is 17.5 Å². The maximum atomic E-state index is 12.8. The Labute approximate surface area is 172 Å². The molecule has 29 heavy (non-hydrogen) atoms. The lowest BCUT2D eigenvalue weighted by molar-refractivity contribution is 0.384. The number of sulfonamides is 1. The molecule has 0 radical (unpaired) electrons. The minimum Gasteiger partial charge on any atom is -0.366 e. The van der Waals surface area contributed by atoms with Crippen molar-refractivity contribution in [2.24, 2.45) is 0 Å². The Morgan fingerprint density at radius 3 is 2.28 bits per heavy atom. The van der Waals surface area contributed by atoms with E-state index in [0.29, 0.717) is 37.5 Å². The molecule has 2 fully saturated rings. The first-order valence-corrected chi connectivity index (χ1v) is 13.0. The average Bonchev–Trinajstić information content (AvgIpc) is 3.20. The number of aryl methyl sites for hydroxylation is 1. The maximum Gasteiger partial charge on any atom is 0.243 e. The first-order chi connectivity index (χ1) is 13.7. The molecular formula is C19H26N4O4S2. The molecular weight excluding hydrogens is 412 g/mol. The van der Waals surface area contributed by atoms with Gasteiger partial charge in [-0.1, -0.05) is 18.2 Å². The molecule has 3 heterocycles. The number of anilines is 1. The zero-order valence-corrected chi connectivity index (χ0v) is 18.3. The predicted molar refractivity (Wildman–Crippen MR) is 111 cm³/mol. The second-order valence-corrected chi connectivity index (χ2v) is 11.9. The van der Waals surface area contributed by atoms with E-state index >= 15 is 0 Å². The maximum absolute atomic E-state index is 12.8. The predicted octanol–water partition coefficient (Wildman–Crippen LogP) is 1.37. The third kappa shape index (κ3) is 3.80. The Bertz CT molecular complexity index is 1100. The van der Waals surface area contributed by atoms with E-state index in [1.54, 1.807) is 30.3 Å². The highest BCUT2D eigenvalue weighted by Crippen LogP contribution is 2.32. The van der Waals surface area contributed by atoms with E-state index < -0.39 is 19.9 Å². The first kappa shape index (κ1) is 20.4. The summed E-state index contributed by atoms with van der Waals surface area (Å²) in [5, 5.41) is 4.63. The van der Waals surface area contributed by atoms with Crippen molar-refractivity contribution in [2.75, 3.05) is 42.6 Å². The molecule has 0 aliphatic carbocycles. The highest BCUT2D eigenvalue weighted by Gasteiger charge is 2.34. The van der Waals surface area contributed by atoms with Gasteiger partial charge in [-0.3, -0.25) is 4.68 Å². The van der Waals surface area contributed by atoms with Gasteiger partial charge in [-0.2, -0.15) is 9.40 Å². The minimum atomic E-state index is -3.49. The van der Waals surface area contributed by atoms with Gasteiger partial charge in [-0.15, -0.1) is 0 Å². The molecule has 0 amide bonds. The molecule has 0 N–H and O–H groups in total. The van der Waals surface area contributed by atoms with Crippen LogP contribution in [0.4, 0.5) is 5.69 Å². The van der Waals surface area contributed by atoms with Crippen LogP contribution in [0, 0.1) is 13.8 Å². The van der Waals surface area contributed by atoms with Crippen molar-refractivity contribution >= 4 is 25.5 Å². The van der Waals surface area contributed by atoms with Gasteiger partial charge in [0, 0.05) is 26.2 Å². The van der Waals surface area contributed by atoms with Gasteiger partial charge in [0.1, 0.15) is 0 Å². The minimum absolute atomic E-state index is 0.118. The summed E-state index contributed by atoms with van der Waals surface area (Å²) in [7, 11) is -6.48. The van der Waals surface area contributed by atoms with E-state index in [4.69, 9.17) is 0 Å². The monoisotopic (exact) mass is 438 g/mol. The summed E-state index contributed by atoms with van der Waals surface area (Å²) in [6.45, 7) is 5.84. The Balaban J connectivity index is 1.51. The van der Waals surface area contributed by atoms with Crippen LogP contribution in [-0.4, -0.2) is 68.6 Å². The van der Waals surface area contributed by atoms with Crippen LogP contribution in [0.3, 0.4) is 0 Å². The molecule has 2 aliphatic rings. The zero-order chi connectivity index (χ0) is 20.8. The van der Waals surface area contributed by atoms with Gasteiger partial charge in [-0.25, -0.2) is 16.8 Å². The summed E-state index contributed by atoms with van der Waals surface area (Å²) in [5.41, 5.74) is 2.79. The van der Waals surface area contributed by atoms with Crippen LogP contribution in [0.2, 0.25) is 0 Å². The van der Waals surface area contributed by atoms with Gasteiger partial charge in [0.15, 0.2) is 9.84 Å². The van der Waals surface area contributed by atoms with E-state index in [0.717, 1.165) is 17.1 Å². The molecule has 1 aromatic carbocycles. The summed E-state index contributed by atoms with van der Waals surface area (Å²) in [6, 6.07) is 8.38. The largest absolute Gasteiger partial charge is 0.366 e. The van der Waals surface area contributed by atoms with E-state index in [1.165, 1.54) is 4.31 Å². The Morgan fingerprint density at radius 1 is 1.03 bits per heavy atom. The second-order valence-electron chi connectivity index (χ2n) is 7.73. The first-order valence-electron chi connectivity index (χ1n) is 9.75. The number of aromatic nitrogens is 2. The second kappa shape index (κ2) is 7.41. The van der Waals surface area contributed by atoms with Crippen LogP contribution in [0.1, 0.15) is 23.9 Å². The molecule has 1 aromatic heterocycles. The van der Waals surface area contributed by atoms with Crippen molar-refractivity contribution in [1.29, 1.82) is 0 Å². The molecule has 4 rings (SSSR count). The van der Waals surface area contributed by atoms with Gasteiger partial charge < -0.3 is 4.90 Å². The standard InChI is InChI=1S/C19H26N4O4S2/c1-15-19(16(2)23(20-15)17-8-13-28(24,25)14-17)21-9-11-22(12-10-21)29(26,27)18-6-4-3-5-7-18/h3-7,17H,8-14H2,1-2H3. The number of piperazine rings is 1. The molecule has 158 valence electrons.